The van der Waals surface area contributed by atoms with Gasteiger partial charge in [-0.05, 0) is 42.0 Å². The molecule has 1 aromatic heterocycles. The number of hydrogen-bond donors (Lipinski definition) is 0. The Hall–Kier alpha value is -0.150. The van der Waals surface area contributed by atoms with Crippen molar-refractivity contribution in [2.24, 2.45) is 0 Å². The van der Waals surface area contributed by atoms with Crippen LogP contribution in [0.15, 0.2) is 17.3 Å². The molecular weight excluding hydrogens is 174 g/mol. The average Bonchev–Trinajstić information content (AvgIpc) is 1.95. The van der Waals surface area contributed by atoms with Crippen molar-refractivity contribution in [3.05, 3.63) is 23.4 Å². The summed E-state index contributed by atoms with van der Waals surface area (Å²) in [6.07, 6.45) is 3.97. The van der Waals surface area contributed by atoms with Gasteiger partial charge >= 0.3 is 0 Å². The van der Waals surface area contributed by atoms with Crippen LogP contribution >= 0.6 is 21.6 Å². The quantitative estimate of drug-likeness (QED) is 0.657. The molecule has 60 valence electrons. The molecule has 0 radical (unpaired) electrons. The van der Waals surface area contributed by atoms with Crippen molar-refractivity contribution >= 4 is 21.6 Å². The van der Waals surface area contributed by atoms with Crippen molar-refractivity contribution < 1.29 is 0 Å². The number of rotatable bonds is 2. The minimum atomic E-state index is 1.13. The summed E-state index contributed by atoms with van der Waals surface area (Å²) < 4.78 is 0. The summed E-state index contributed by atoms with van der Waals surface area (Å²) in [6, 6.07) is 2.16. The van der Waals surface area contributed by atoms with E-state index in [2.05, 4.69) is 31.2 Å². The predicted molar refractivity (Wildman–Crippen MR) is 53.1 cm³/mol. The van der Waals surface area contributed by atoms with Gasteiger partial charge in [-0.15, -0.1) is 0 Å². The maximum Gasteiger partial charge on any atom is 0.109 e. The summed E-state index contributed by atoms with van der Waals surface area (Å²) in [5.74, 6) is 0. The number of hydrogen-bond acceptors (Lipinski definition) is 3. The third-order valence-electron chi connectivity index (χ3n) is 1.33. The Morgan fingerprint density at radius 3 is 2.64 bits per heavy atom. The lowest BCUT2D eigenvalue weighted by Gasteiger charge is -2.01. The zero-order valence-electron chi connectivity index (χ0n) is 6.92. The van der Waals surface area contributed by atoms with Crippen molar-refractivity contribution in [1.82, 2.24) is 4.98 Å². The van der Waals surface area contributed by atoms with Crippen LogP contribution in [0.1, 0.15) is 11.1 Å². The molecule has 0 saturated heterocycles. The molecule has 0 amide bonds. The first-order valence-corrected chi connectivity index (χ1v) is 5.93. The highest BCUT2D eigenvalue weighted by Gasteiger charge is 1.98. The summed E-state index contributed by atoms with van der Waals surface area (Å²) in [5, 5.41) is 1.13. The normalized spacial score (nSPS) is 10.1. The molecule has 1 heterocycles. The van der Waals surface area contributed by atoms with Crippen molar-refractivity contribution in [1.29, 1.82) is 0 Å². The highest BCUT2D eigenvalue weighted by atomic mass is 33.1. The topological polar surface area (TPSA) is 12.9 Å². The summed E-state index contributed by atoms with van der Waals surface area (Å²) in [4.78, 5) is 4.31. The Kier molecular flexibility index (Phi) is 3.27. The number of aryl methyl sites for hydroxylation is 2. The van der Waals surface area contributed by atoms with Gasteiger partial charge in [0.25, 0.3) is 0 Å². The lowest BCUT2D eigenvalue weighted by atomic mass is 10.2. The van der Waals surface area contributed by atoms with Gasteiger partial charge in [-0.2, -0.15) is 0 Å². The van der Waals surface area contributed by atoms with Gasteiger partial charge in [0, 0.05) is 6.20 Å². The van der Waals surface area contributed by atoms with Gasteiger partial charge < -0.3 is 0 Å². The second-order valence-corrected chi connectivity index (χ2v) is 4.77. The van der Waals surface area contributed by atoms with E-state index in [0.29, 0.717) is 0 Å². The van der Waals surface area contributed by atoms with Crippen LogP contribution < -0.4 is 0 Å². The molecule has 0 bridgehead atoms. The molecular formula is C8H11NS2. The smallest absolute Gasteiger partial charge is 0.109 e. The number of aromatic nitrogens is 1. The van der Waals surface area contributed by atoms with Gasteiger partial charge in [0.2, 0.25) is 0 Å². The van der Waals surface area contributed by atoms with Gasteiger partial charge in [-0.3, -0.25) is 0 Å². The lowest BCUT2D eigenvalue weighted by Crippen LogP contribution is -1.84. The molecule has 0 atom stereocenters. The van der Waals surface area contributed by atoms with Gasteiger partial charge in [-0.1, -0.05) is 16.9 Å². The minimum Gasteiger partial charge on any atom is -0.249 e. The molecule has 1 nitrogen and oxygen atoms in total. The van der Waals surface area contributed by atoms with E-state index in [1.54, 1.807) is 21.6 Å². The molecule has 0 N–H and O–H groups in total. The van der Waals surface area contributed by atoms with Crippen LogP contribution in [-0.4, -0.2) is 11.2 Å². The molecule has 0 fully saturated rings. The monoisotopic (exact) mass is 185 g/mol. The molecule has 0 aliphatic heterocycles. The van der Waals surface area contributed by atoms with E-state index in [1.807, 2.05) is 6.20 Å². The van der Waals surface area contributed by atoms with E-state index in [9.17, 15) is 0 Å². The highest BCUT2D eigenvalue weighted by molar-refractivity contribution is 8.76. The SMILES string of the molecule is CSSc1ncc(C)cc1C. The van der Waals surface area contributed by atoms with E-state index in [1.165, 1.54) is 11.1 Å². The van der Waals surface area contributed by atoms with E-state index < -0.39 is 0 Å². The van der Waals surface area contributed by atoms with E-state index in [-0.39, 0.29) is 0 Å². The summed E-state index contributed by atoms with van der Waals surface area (Å²) in [5.41, 5.74) is 2.50. The minimum absolute atomic E-state index is 1.13. The van der Waals surface area contributed by atoms with Crippen LogP contribution in [0.5, 0.6) is 0 Å². The van der Waals surface area contributed by atoms with Gasteiger partial charge in [-0.25, -0.2) is 4.98 Å². The molecule has 0 aliphatic carbocycles. The van der Waals surface area contributed by atoms with Crippen molar-refractivity contribution in [2.75, 3.05) is 6.26 Å². The Morgan fingerprint density at radius 2 is 2.09 bits per heavy atom. The molecule has 1 rings (SSSR count). The van der Waals surface area contributed by atoms with Gasteiger partial charge in [0.05, 0.1) is 0 Å². The van der Waals surface area contributed by atoms with Crippen molar-refractivity contribution in [3.63, 3.8) is 0 Å². The summed E-state index contributed by atoms with van der Waals surface area (Å²) >= 11 is 0. The molecule has 0 spiro atoms. The second-order valence-electron chi connectivity index (χ2n) is 2.38. The van der Waals surface area contributed by atoms with Crippen LogP contribution in [0.25, 0.3) is 0 Å². The Labute approximate surface area is 75.4 Å². The maximum atomic E-state index is 4.31. The van der Waals surface area contributed by atoms with Crippen LogP contribution in [0.2, 0.25) is 0 Å². The largest absolute Gasteiger partial charge is 0.249 e. The zero-order chi connectivity index (χ0) is 8.27. The predicted octanol–water partition coefficient (Wildman–Crippen LogP) is 3.07. The fraction of sp³-hybridized carbons (Fsp3) is 0.375. The van der Waals surface area contributed by atoms with E-state index >= 15 is 0 Å². The van der Waals surface area contributed by atoms with Crippen LogP contribution in [0.4, 0.5) is 0 Å². The first kappa shape index (κ1) is 8.94. The van der Waals surface area contributed by atoms with Crippen LogP contribution in [0, 0.1) is 13.8 Å². The summed E-state index contributed by atoms with van der Waals surface area (Å²) in [7, 11) is 3.45. The average molecular weight is 185 g/mol. The van der Waals surface area contributed by atoms with E-state index in [0.717, 1.165) is 5.03 Å². The summed E-state index contributed by atoms with van der Waals surface area (Å²) in [6.45, 7) is 4.16. The van der Waals surface area contributed by atoms with Crippen LogP contribution in [0.3, 0.4) is 0 Å². The zero-order valence-corrected chi connectivity index (χ0v) is 8.55. The van der Waals surface area contributed by atoms with Crippen molar-refractivity contribution in [2.45, 2.75) is 18.9 Å². The number of pyridine rings is 1. The molecule has 0 saturated carbocycles. The molecule has 0 aliphatic rings. The lowest BCUT2D eigenvalue weighted by molar-refractivity contribution is 1.06. The Morgan fingerprint density at radius 1 is 1.36 bits per heavy atom. The second kappa shape index (κ2) is 4.02. The first-order valence-electron chi connectivity index (χ1n) is 3.38. The third-order valence-corrected chi connectivity index (χ3v) is 3.05. The molecule has 0 unspecified atom stereocenters. The van der Waals surface area contributed by atoms with E-state index in [4.69, 9.17) is 0 Å². The molecule has 3 heteroatoms. The Bertz CT molecular complexity index is 248. The fourth-order valence-electron chi connectivity index (χ4n) is 0.869. The van der Waals surface area contributed by atoms with Gasteiger partial charge in [0.1, 0.15) is 5.03 Å². The van der Waals surface area contributed by atoms with Crippen LogP contribution in [-0.2, 0) is 0 Å². The molecule has 0 aromatic carbocycles. The Balaban J connectivity index is 2.90. The van der Waals surface area contributed by atoms with Crippen molar-refractivity contribution in [3.8, 4) is 0 Å². The highest BCUT2D eigenvalue weighted by Crippen LogP contribution is 2.29. The molecule has 11 heavy (non-hydrogen) atoms. The standard InChI is InChI=1S/C8H11NS2/c1-6-4-7(2)8(9-5-6)11-10-3/h4-5H,1-3H3. The maximum absolute atomic E-state index is 4.31. The number of nitrogens with zero attached hydrogens (tertiary/aromatic N) is 1. The van der Waals surface area contributed by atoms with Gasteiger partial charge in [0.15, 0.2) is 0 Å². The molecule has 1 aromatic rings. The fourth-order valence-corrected chi connectivity index (χ4v) is 2.31. The first-order chi connectivity index (χ1) is 5.24. The third kappa shape index (κ3) is 2.42.